The zero-order chi connectivity index (χ0) is 11.6. The van der Waals surface area contributed by atoms with Crippen molar-refractivity contribution in [3.63, 3.8) is 0 Å². The third-order valence-corrected chi connectivity index (χ3v) is 2.45. The fraction of sp³-hybridized carbons (Fsp3) is 0.364. The molecule has 0 fully saturated rings. The summed E-state index contributed by atoms with van der Waals surface area (Å²) in [6, 6.07) is 5.35. The first-order chi connectivity index (χ1) is 6.93. The number of rotatable bonds is 3. The molecular weight excluding hydrogens is 192 g/mol. The van der Waals surface area contributed by atoms with Crippen LogP contribution < -0.4 is 10.6 Å². The van der Waals surface area contributed by atoms with Gasteiger partial charge in [0.15, 0.2) is 0 Å². The van der Waals surface area contributed by atoms with Gasteiger partial charge in [-0.3, -0.25) is 0 Å². The fourth-order valence-electron chi connectivity index (χ4n) is 1.25. The topological polar surface area (TPSA) is 66.6 Å². The Balaban J connectivity index is 3.13. The maximum absolute atomic E-state index is 10.9. The van der Waals surface area contributed by atoms with Gasteiger partial charge in [-0.15, -0.1) is 0 Å². The van der Waals surface area contributed by atoms with Gasteiger partial charge >= 0.3 is 5.97 Å². The van der Waals surface area contributed by atoms with Crippen LogP contribution in [0.1, 0.15) is 24.2 Å². The number of anilines is 2. The summed E-state index contributed by atoms with van der Waals surface area (Å²) in [6.45, 7) is 4.08. The standard InChI is InChI=1S/C11H16N2O2/c1-7(2)13(3)8-4-5-10(12)9(6-8)11(14)15/h4-7H,12H2,1-3H3,(H,14,15). The number of nitrogens with zero attached hydrogens (tertiary/aromatic N) is 1. The van der Waals surface area contributed by atoms with Crippen molar-refractivity contribution >= 4 is 17.3 Å². The molecule has 0 atom stereocenters. The molecular formula is C11H16N2O2. The van der Waals surface area contributed by atoms with Gasteiger partial charge in [0.2, 0.25) is 0 Å². The molecule has 1 aromatic carbocycles. The summed E-state index contributed by atoms with van der Waals surface area (Å²) in [5.41, 5.74) is 6.87. The molecule has 0 amide bonds. The summed E-state index contributed by atoms with van der Waals surface area (Å²) >= 11 is 0. The summed E-state index contributed by atoms with van der Waals surface area (Å²) in [7, 11) is 1.92. The molecule has 4 heteroatoms. The van der Waals surface area contributed by atoms with E-state index in [2.05, 4.69) is 0 Å². The van der Waals surface area contributed by atoms with E-state index < -0.39 is 5.97 Å². The minimum Gasteiger partial charge on any atom is -0.478 e. The monoisotopic (exact) mass is 208 g/mol. The van der Waals surface area contributed by atoms with Crippen LogP contribution in [0, 0.1) is 0 Å². The summed E-state index contributed by atoms with van der Waals surface area (Å²) in [6.07, 6.45) is 0. The zero-order valence-electron chi connectivity index (χ0n) is 9.19. The SMILES string of the molecule is CC(C)N(C)c1ccc(N)c(C(=O)O)c1. The van der Waals surface area contributed by atoms with Crippen LogP contribution in [0.15, 0.2) is 18.2 Å². The van der Waals surface area contributed by atoms with Crippen LogP contribution in [0.5, 0.6) is 0 Å². The average molecular weight is 208 g/mol. The first kappa shape index (κ1) is 11.4. The Hall–Kier alpha value is -1.71. The molecule has 0 saturated carbocycles. The lowest BCUT2D eigenvalue weighted by atomic mass is 10.1. The Morgan fingerprint density at radius 3 is 2.53 bits per heavy atom. The van der Waals surface area contributed by atoms with Gasteiger partial charge in [0.1, 0.15) is 0 Å². The molecule has 0 aromatic heterocycles. The molecule has 0 radical (unpaired) electrons. The normalized spacial score (nSPS) is 10.4. The number of aromatic carboxylic acids is 1. The number of benzene rings is 1. The number of carbonyl (C=O) groups is 1. The van der Waals surface area contributed by atoms with Crippen LogP contribution in [-0.4, -0.2) is 24.2 Å². The van der Waals surface area contributed by atoms with Crippen molar-refractivity contribution in [3.05, 3.63) is 23.8 Å². The second-order valence-corrected chi connectivity index (χ2v) is 3.78. The second kappa shape index (κ2) is 4.21. The Morgan fingerprint density at radius 2 is 2.07 bits per heavy atom. The Morgan fingerprint density at radius 1 is 1.47 bits per heavy atom. The van der Waals surface area contributed by atoms with Gasteiger partial charge in [0, 0.05) is 24.5 Å². The van der Waals surface area contributed by atoms with Crippen LogP contribution >= 0.6 is 0 Å². The largest absolute Gasteiger partial charge is 0.478 e. The van der Waals surface area contributed by atoms with Gasteiger partial charge in [-0.1, -0.05) is 0 Å². The predicted molar refractivity (Wildman–Crippen MR) is 61.4 cm³/mol. The molecule has 0 heterocycles. The molecule has 0 aliphatic rings. The third-order valence-electron chi connectivity index (χ3n) is 2.45. The molecule has 1 aromatic rings. The van der Waals surface area contributed by atoms with E-state index in [1.165, 1.54) is 0 Å². The second-order valence-electron chi connectivity index (χ2n) is 3.78. The highest BCUT2D eigenvalue weighted by Gasteiger charge is 2.11. The Labute approximate surface area is 89.3 Å². The number of carboxylic acids is 1. The number of hydrogen-bond acceptors (Lipinski definition) is 3. The van der Waals surface area contributed by atoms with Gasteiger partial charge in [-0.2, -0.15) is 0 Å². The van der Waals surface area contributed by atoms with Crippen molar-refractivity contribution in [2.24, 2.45) is 0 Å². The fourth-order valence-corrected chi connectivity index (χ4v) is 1.25. The first-order valence-corrected chi connectivity index (χ1v) is 4.79. The highest BCUT2D eigenvalue weighted by Crippen LogP contribution is 2.21. The Kier molecular flexibility index (Phi) is 3.19. The Bertz CT molecular complexity index is 375. The van der Waals surface area contributed by atoms with Crippen molar-refractivity contribution in [2.75, 3.05) is 17.7 Å². The smallest absolute Gasteiger partial charge is 0.337 e. The van der Waals surface area contributed by atoms with Crippen LogP contribution in [0.2, 0.25) is 0 Å². The molecule has 0 unspecified atom stereocenters. The van der Waals surface area contributed by atoms with Crippen LogP contribution in [0.4, 0.5) is 11.4 Å². The number of nitrogen functional groups attached to an aromatic ring is 1. The summed E-state index contributed by atoms with van der Waals surface area (Å²) in [5, 5.41) is 8.91. The van der Waals surface area contributed by atoms with Crippen molar-refractivity contribution in [1.29, 1.82) is 0 Å². The molecule has 82 valence electrons. The number of nitrogens with two attached hydrogens (primary N) is 1. The predicted octanol–water partition coefficient (Wildman–Crippen LogP) is 1.81. The van der Waals surface area contributed by atoms with Crippen molar-refractivity contribution in [3.8, 4) is 0 Å². The van der Waals surface area contributed by atoms with E-state index >= 15 is 0 Å². The van der Waals surface area contributed by atoms with E-state index in [0.29, 0.717) is 11.7 Å². The lowest BCUT2D eigenvalue weighted by molar-refractivity contribution is 0.0698. The van der Waals surface area contributed by atoms with E-state index in [-0.39, 0.29) is 5.56 Å². The lowest BCUT2D eigenvalue weighted by Gasteiger charge is -2.24. The third kappa shape index (κ3) is 2.40. The molecule has 0 aliphatic carbocycles. The minimum atomic E-state index is -0.994. The number of hydrogen-bond donors (Lipinski definition) is 2. The molecule has 4 nitrogen and oxygen atoms in total. The molecule has 15 heavy (non-hydrogen) atoms. The number of carboxylic acid groups (broad SMARTS) is 1. The van der Waals surface area contributed by atoms with E-state index in [0.717, 1.165) is 5.69 Å². The van der Waals surface area contributed by atoms with Gasteiger partial charge in [0.25, 0.3) is 0 Å². The molecule has 3 N–H and O–H groups in total. The van der Waals surface area contributed by atoms with Crippen LogP contribution in [-0.2, 0) is 0 Å². The van der Waals surface area contributed by atoms with Crippen LogP contribution in [0.25, 0.3) is 0 Å². The van der Waals surface area contributed by atoms with Crippen molar-refractivity contribution < 1.29 is 9.90 Å². The van der Waals surface area contributed by atoms with Gasteiger partial charge in [-0.05, 0) is 32.0 Å². The highest BCUT2D eigenvalue weighted by atomic mass is 16.4. The maximum atomic E-state index is 10.9. The molecule has 0 saturated heterocycles. The van der Waals surface area contributed by atoms with Crippen molar-refractivity contribution in [1.82, 2.24) is 0 Å². The first-order valence-electron chi connectivity index (χ1n) is 4.79. The lowest BCUT2D eigenvalue weighted by Crippen LogP contribution is -2.25. The quantitative estimate of drug-likeness (QED) is 0.743. The van der Waals surface area contributed by atoms with Crippen LogP contribution in [0.3, 0.4) is 0 Å². The van der Waals surface area contributed by atoms with E-state index in [9.17, 15) is 4.79 Å². The summed E-state index contributed by atoms with van der Waals surface area (Å²) in [4.78, 5) is 12.9. The maximum Gasteiger partial charge on any atom is 0.337 e. The zero-order valence-corrected chi connectivity index (χ0v) is 9.19. The molecule has 0 bridgehead atoms. The summed E-state index contributed by atoms with van der Waals surface area (Å²) < 4.78 is 0. The average Bonchev–Trinajstić information content (AvgIpc) is 2.16. The highest BCUT2D eigenvalue weighted by molar-refractivity contribution is 5.94. The van der Waals surface area contributed by atoms with E-state index in [1.807, 2.05) is 31.9 Å². The van der Waals surface area contributed by atoms with E-state index in [1.54, 1.807) is 12.1 Å². The van der Waals surface area contributed by atoms with Crippen molar-refractivity contribution in [2.45, 2.75) is 19.9 Å². The molecule has 0 spiro atoms. The van der Waals surface area contributed by atoms with Gasteiger partial charge < -0.3 is 15.7 Å². The van der Waals surface area contributed by atoms with E-state index in [4.69, 9.17) is 10.8 Å². The van der Waals surface area contributed by atoms with Gasteiger partial charge in [0.05, 0.1) is 5.56 Å². The molecule has 0 aliphatic heterocycles. The molecule has 1 rings (SSSR count). The minimum absolute atomic E-state index is 0.153. The summed E-state index contributed by atoms with van der Waals surface area (Å²) in [5.74, 6) is -0.994. The van der Waals surface area contributed by atoms with Gasteiger partial charge in [-0.25, -0.2) is 4.79 Å².